The summed E-state index contributed by atoms with van der Waals surface area (Å²) in [6.45, 7) is 2.86. The maximum atomic E-state index is 13.8. The highest BCUT2D eigenvalue weighted by molar-refractivity contribution is 5.94. The van der Waals surface area contributed by atoms with Gasteiger partial charge in [0, 0.05) is 5.92 Å². The Bertz CT molecular complexity index is 2020. The standard InChI is InChI=1S/C44H42N4O7/c1-28(45-40(50)29(2)46-43(54)55-27-37-35-24-14-12-22-33(35)34-23-13-15-25-36(34)37)41(51)47-38(42(52)53)26-39(49)48-44(30-16-6-3-7-17-30,31-18-8-4-9-19-31)32-20-10-5-11-21-32/h3-25,28-29,37-38H,26-27H2,1-2H3,(H,45,50)(H,46,54)(H,47,51)(H,48,49)(H,52,53)/t28-,29-,38-/m1/s1. The van der Waals surface area contributed by atoms with Crippen LogP contribution >= 0.6 is 0 Å². The first-order valence-electron chi connectivity index (χ1n) is 18.0. The molecule has 5 aromatic rings. The molecule has 0 spiro atoms. The Hall–Kier alpha value is -6.75. The van der Waals surface area contributed by atoms with Gasteiger partial charge >= 0.3 is 12.1 Å². The van der Waals surface area contributed by atoms with Crippen LogP contribution in [-0.4, -0.2) is 59.6 Å². The maximum Gasteiger partial charge on any atom is 0.407 e. The summed E-state index contributed by atoms with van der Waals surface area (Å²) >= 11 is 0. The minimum Gasteiger partial charge on any atom is -0.480 e. The van der Waals surface area contributed by atoms with E-state index >= 15 is 0 Å². The van der Waals surface area contributed by atoms with Crippen LogP contribution in [0.3, 0.4) is 0 Å². The summed E-state index contributed by atoms with van der Waals surface area (Å²) in [5.41, 5.74) is 5.29. The molecule has 3 atom stereocenters. The highest BCUT2D eigenvalue weighted by Crippen LogP contribution is 2.44. The summed E-state index contributed by atoms with van der Waals surface area (Å²) in [6, 6.07) is 39.9. The first-order chi connectivity index (χ1) is 26.6. The van der Waals surface area contributed by atoms with Gasteiger partial charge < -0.3 is 31.1 Å². The van der Waals surface area contributed by atoms with Gasteiger partial charge in [-0.05, 0) is 52.8 Å². The van der Waals surface area contributed by atoms with Gasteiger partial charge in [0.05, 0.1) is 6.42 Å². The van der Waals surface area contributed by atoms with Gasteiger partial charge in [-0.15, -0.1) is 0 Å². The number of nitrogens with one attached hydrogen (secondary N) is 4. The highest BCUT2D eigenvalue weighted by atomic mass is 16.5. The summed E-state index contributed by atoms with van der Waals surface area (Å²) in [5, 5.41) is 20.5. The summed E-state index contributed by atoms with van der Waals surface area (Å²) in [5.74, 6) is -3.76. The molecule has 0 saturated heterocycles. The van der Waals surface area contributed by atoms with Crippen LogP contribution in [0.5, 0.6) is 0 Å². The first kappa shape index (κ1) is 38.0. The van der Waals surface area contributed by atoms with E-state index in [0.717, 1.165) is 38.9 Å². The predicted molar refractivity (Wildman–Crippen MR) is 207 cm³/mol. The van der Waals surface area contributed by atoms with Gasteiger partial charge in [0.25, 0.3) is 0 Å². The van der Waals surface area contributed by atoms with Gasteiger partial charge in [-0.1, -0.05) is 140 Å². The van der Waals surface area contributed by atoms with Crippen molar-refractivity contribution < 1.29 is 33.8 Å². The number of carbonyl (C=O) groups is 5. The molecule has 5 aromatic carbocycles. The average molecular weight is 739 g/mol. The van der Waals surface area contributed by atoms with Crippen molar-refractivity contribution in [1.29, 1.82) is 0 Å². The van der Waals surface area contributed by atoms with Crippen molar-refractivity contribution in [3.8, 4) is 11.1 Å². The van der Waals surface area contributed by atoms with Crippen molar-refractivity contribution in [3.05, 3.63) is 167 Å². The Labute approximate surface area is 319 Å². The molecule has 280 valence electrons. The fraction of sp³-hybridized carbons (Fsp3) is 0.205. The van der Waals surface area contributed by atoms with Crippen molar-refractivity contribution in [2.45, 2.75) is 49.9 Å². The molecule has 0 heterocycles. The fourth-order valence-electron chi connectivity index (χ4n) is 7.01. The number of alkyl carbamates (subject to hydrolysis) is 1. The van der Waals surface area contributed by atoms with E-state index in [1.165, 1.54) is 13.8 Å². The number of carboxylic acids is 1. The van der Waals surface area contributed by atoms with Crippen molar-refractivity contribution in [3.63, 3.8) is 0 Å². The lowest BCUT2D eigenvalue weighted by Crippen LogP contribution is -2.55. The lowest BCUT2D eigenvalue weighted by molar-refractivity contribution is -0.144. The summed E-state index contributed by atoms with van der Waals surface area (Å²) in [6.07, 6.45) is -1.41. The summed E-state index contributed by atoms with van der Waals surface area (Å²) < 4.78 is 5.54. The Balaban J connectivity index is 1.06. The smallest absolute Gasteiger partial charge is 0.407 e. The number of fused-ring (bicyclic) bond motifs is 3. The molecule has 0 unspecified atom stereocenters. The third-order valence-corrected chi connectivity index (χ3v) is 9.77. The Morgan fingerprint density at radius 3 is 1.49 bits per heavy atom. The van der Waals surface area contributed by atoms with Gasteiger partial charge in [0.15, 0.2) is 0 Å². The molecular weight excluding hydrogens is 697 g/mol. The molecule has 0 aromatic heterocycles. The average Bonchev–Trinajstić information content (AvgIpc) is 3.53. The number of rotatable bonds is 14. The molecule has 4 amide bonds. The number of carboxylic acid groups (broad SMARTS) is 1. The lowest BCUT2D eigenvalue weighted by Gasteiger charge is -2.37. The Morgan fingerprint density at radius 2 is 1.02 bits per heavy atom. The van der Waals surface area contributed by atoms with E-state index in [9.17, 15) is 29.1 Å². The zero-order chi connectivity index (χ0) is 39.0. The molecule has 0 bridgehead atoms. The zero-order valence-electron chi connectivity index (χ0n) is 30.4. The normalized spacial score (nSPS) is 13.6. The van der Waals surface area contributed by atoms with Crippen LogP contribution in [0.25, 0.3) is 11.1 Å². The Kier molecular flexibility index (Phi) is 11.7. The quantitative estimate of drug-likeness (QED) is 0.0942. The largest absolute Gasteiger partial charge is 0.480 e. The molecule has 0 radical (unpaired) electrons. The van der Waals surface area contributed by atoms with Gasteiger partial charge in [-0.2, -0.15) is 0 Å². The monoisotopic (exact) mass is 738 g/mol. The molecule has 0 aliphatic heterocycles. The number of amides is 4. The van der Waals surface area contributed by atoms with Crippen LogP contribution < -0.4 is 21.3 Å². The van der Waals surface area contributed by atoms with Crippen molar-refractivity contribution in [1.82, 2.24) is 21.3 Å². The minimum atomic E-state index is -1.62. The van der Waals surface area contributed by atoms with Crippen molar-refractivity contribution in [2.75, 3.05) is 6.61 Å². The maximum absolute atomic E-state index is 13.8. The van der Waals surface area contributed by atoms with E-state index < -0.39 is 59.9 Å². The number of ether oxygens (including phenoxy) is 1. The van der Waals surface area contributed by atoms with E-state index in [1.54, 1.807) is 0 Å². The van der Waals surface area contributed by atoms with E-state index in [-0.39, 0.29) is 12.5 Å². The second-order valence-electron chi connectivity index (χ2n) is 13.4. The molecule has 11 heteroatoms. The van der Waals surface area contributed by atoms with Crippen LogP contribution in [0.15, 0.2) is 140 Å². The molecule has 55 heavy (non-hydrogen) atoms. The third-order valence-electron chi connectivity index (χ3n) is 9.77. The van der Waals surface area contributed by atoms with E-state index in [0.29, 0.717) is 0 Å². The Morgan fingerprint density at radius 1 is 0.600 bits per heavy atom. The molecule has 0 saturated carbocycles. The summed E-state index contributed by atoms with van der Waals surface area (Å²) in [4.78, 5) is 65.1. The summed E-state index contributed by atoms with van der Waals surface area (Å²) in [7, 11) is 0. The fourth-order valence-corrected chi connectivity index (χ4v) is 7.01. The van der Waals surface area contributed by atoms with E-state index in [2.05, 4.69) is 21.3 Å². The third kappa shape index (κ3) is 8.41. The van der Waals surface area contributed by atoms with Crippen molar-refractivity contribution >= 4 is 29.8 Å². The molecule has 6 rings (SSSR count). The first-order valence-corrected chi connectivity index (χ1v) is 18.0. The number of hydrogen-bond acceptors (Lipinski definition) is 6. The highest BCUT2D eigenvalue weighted by Gasteiger charge is 2.39. The predicted octanol–water partition coefficient (Wildman–Crippen LogP) is 5.49. The van der Waals surface area contributed by atoms with Gasteiger partial charge in [-0.3, -0.25) is 14.4 Å². The SMILES string of the molecule is C[C@@H](NC(=O)OCC1c2ccccc2-c2ccccc21)C(=O)N[C@H](C)C(=O)N[C@H](CC(=O)NC(c1ccccc1)(c1ccccc1)c1ccccc1)C(=O)O. The van der Waals surface area contributed by atoms with Crippen LogP contribution in [0.4, 0.5) is 4.79 Å². The van der Waals surface area contributed by atoms with Gasteiger partial charge in [0.1, 0.15) is 30.3 Å². The number of hydrogen-bond donors (Lipinski definition) is 5. The number of benzene rings is 5. The molecule has 1 aliphatic carbocycles. The van der Waals surface area contributed by atoms with Crippen LogP contribution in [0, 0.1) is 0 Å². The zero-order valence-corrected chi connectivity index (χ0v) is 30.4. The number of carbonyl (C=O) groups excluding carboxylic acids is 4. The second-order valence-corrected chi connectivity index (χ2v) is 13.4. The molecule has 11 nitrogen and oxygen atoms in total. The van der Waals surface area contributed by atoms with Crippen molar-refractivity contribution in [2.24, 2.45) is 0 Å². The number of aliphatic carboxylic acids is 1. The molecule has 1 aliphatic rings. The van der Waals surface area contributed by atoms with E-state index in [4.69, 9.17) is 4.74 Å². The minimum absolute atomic E-state index is 0.0559. The molecular formula is C44H42N4O7. The molecule has 0 fully saturated rings. The van der Waals surface area contributed by atoms with Crippen LogP contribution in [0.2, 0.25) is 0 Å². The van der Waals surface area contributed by atoms with Crippen LogP contribution in [-0.2, 0) is 29.5 Å². The van der Waals surface area contributed by atoms with Crippen LogP contribution in [0.1, 0.15) is 54.0 Å². The van der Waals surface area contributed by atoms with Gasteiger partial charge in [-0.25, -0.2) is 9.59 Å². The van der Waals surface area contributed by atoms with Gasteiger partial charge in [0.2, 0.25) is 17.7 Å². The topological polar surface area (TPSA) is 163 Å². The second kappa shape index (κ2) is 16.9. The lowest BCUT2D eigenvalue weighted by atomic mass is 9.77. The molecule has 5 N–H and O–H groups in total. The van der Waals surface area contributed by atoms with E-state index in [1.807, 2.05) is 140 Å².